The fourth-order valence-electron chi connectivity index (χ4n) is 2.35. The fourth-order valence-corrected chi connectivity index (χ4v) is 2.35. The second-order valence-corrected chi connectivity index (χ2v) is 6.33. The van der Waals surface area contributed by atoms with Crippen molar-refractivity contribution in [3.8, 4) is 11.5 Å². The molecule has 0 saturated heterocycles. The van der Waals surface area contributed by atoms with Crippen LogP contribution in [-0.4, -0.2) is 13.2 Å². The van der Waals surface area contributed by atoms with Crippen molar-refractivity contribution in [3.63, 3.8) is 0 Å². The van der Waals surface area contributed by atoms with Crippen LogP contribution in [0.15, 0.2) is 36.4 Å². The number of ether oxygens (including phenoxy) is 2. The molecule has 0 spiro atoms. The third kappa shape index (κ3) is 2.40. The van der Waals surface area contributed by atoms with Crippen molar-refractivity contribution >= 4 is 10.8 Å². The third-order valence-electron chi connectivity index (χ3n) is 3.92. The summed E-state index contributed by atoms with van der Waals surface area (Å²) >= 11 is 0. The van der Waals surface area contributed by atoms with E-state index in [4.69, 9.17) is 9.47 Å². The van der Waals surface area contributed by atoms with E-state index in [1.54, 1.807) is 0 Å². The molecule has 0 bridgehead atoms. The van der Waals surface area contributed by atoms with Gasteiger partial charge in [0.15, 0.2) is 11.5 Å². The van der Waals surface area contributed by atoms with Crippen molar-refractivity contribution in [2.75, 3.05) is 13.2 Å². The highest BCUT2D eigenvalue weighted by molar-refractivity contribution is 5.86. The molecule has 1 heterocycles. The van der Waals surface area contributed by atoms with Gasteiger partial charge in [-0.15, -0.1) is 0 Å². The van der Waals surface area contributed by atoms with Crippen molar-refractivity contribution in [2.24, 2.45) is 11.3 Å². The molecule has 0 N–H and O–H groups in total. The van der Waals surface area contributed by atoms with Gasteiger partial charge in [0.05, 0.1) is 13.2 Å². The van der Waals surface area contributed by atoms with E-state index in [1.807, 2.05) is 12.1 Å². The van der Waals surface area contributed by atoms with Crippen molar-refractivity contribution in [2.45, 2.75) is 20.8 Å². The van der Waals surface area contributed by atoms with Gasteiger partial charge in [0.2, 0.25) is 0 Å². The topological polar surface area (TPSA) is 18.5 Å². The van der Waals surface area contributed by atoms with Gasteiger partial charge in [-0.3, -0.25) is 0 Å². The zero-order valence-corrected chi connectivity index (χ0v) is 11.8. The van der Waals surface area contributed by atoms with Crippen molar-refractivity contribution in [1.29, 1.82) is 0 Å². The summed E-state index contributed by atoms with van der Waals surface area (Å²) in [6, 6.07) is 12.5. The highest BCUT2D eigenvalue weighted by atomic mass is 16.5. The largest absolute Gasteiger partial charge is 0.489 e. The van der Waals surface area contributed by atoms with E-state index in [9.17, 15) is 0 Å². The molecule has 1 aliphatic rings. The van der Waals surface area contributed by atoms with Crippen LogP contribution in [0, 0.1) is 11.3 Å². The average molecular weight is 256 g/mol. The molecular weight excluding hydrogens is 236 g/mol. The lowest BCUT2D eigenvalue weighted by molar-refractivity contribution is 0.114. The van der Waals surface area contributed by atoms with E-state index in [2.05, 4.69) is 45.0 Å². The molecule has 0 atom stereocenters. The Bertz CT molecular complexity index is 549. The van der Waals surface area contributed by atoms with Gasteiger partial charge in [0.25, 0.3) is 0 Å². The van der Waals surface area contributed by atoms with E-state index >= 15 is 0 Å². The summed E-state index contributed by atoms with van der Waals surface area (Å²) < 4.78 is 11.9. The highest BCUT2D eigenvalue weighted by Gasteiger charge is 2.29. The van der Waals surface area contributed by atoms with Crippen LogP contribution in [0.2, 0.25) is 0 Å². The Morgan fingerprint density at radius 1 is 0.895 bits per heavy atom. The predicted molar refractivity (Wildman–Crippen MR) is 77.9 cm³/mol. The van der Waals surface area contributed by atoms with Crippen LogP contribution in [-0.2, 0) is 0 Å². The molecule has 2 heteroatoms. The van der Waals surface area contributed by atoms with Crippen molar-refractivity contribution in [3.05, 3.63) is 36.4 Å². The lowest BCUT2D eigenvalue weighted by Crippen LogP contribution is -2.30. The van der Waals surface area contributed by atoms with Crippen molar-refractivity contribution < 1.29 is 9.47 Å². The van der Waals surface area contributed by atoms with Crippen LogP contribution >= 0.6 is 0 Å². The van der Waals surface area contributed by atoms with Crippen LogP contribution < -0.4 is 9.47 Å². The molecule has 0 saturated carbocycles. The standard InChI is InChI=1S/C17H20O2/c1-17(2,3)14-10-18-15-8-12-6-4-5-7-13(12)9-16(15)19-11-14/h4-9,14H,10-11H2,1-3H3. The molecule has 100 valence electrons. The molecule has 2 nitrogen and oxygen atoms in total. The maximum atomic E-state index is 5.97. The Kier molecular flexibility index (Phi) is 2.89. The number of hydrogen-bond acceptors (Lipinski definition) is 2. The van der Waals surface area contributed by atoms with E-state index in [0.717, 1.165) is 24.7 Å². The molecule has 3 rings (SSSR count). The van der Waals surface area contributed by atoms with Gasteiger partial charge >= 0.3 is 0 Å². The second-order valence-electron chi connectivity index (χ2n) is 6.33. The Labute approximate surface area is 114 Å². The van der Waals surface area contributed by atoms with Gasteiger partial charge in [0, 0.05) is 5.92 Å². The van der Waals surface area contributed by atoms with E-state index in [1.165, 1.54) is 10.8 Å². The van der Waals surface area contributed by atoms with Crippen molar-refractivity contribution in [1.82, 2.24) is 0 Å². The third-order valence-corrected chi connectivity index (χ3v) is 3.92. The minimum Gasteiger partial charge on any atom is -0.489 e. The monoisotopic (exact) mass is 256 g/mol. The molecule has 0 radical (unpaired) electrons. The van der Waals surface area contributed by atoms with E-state index in [-0.39, 0.29) is 5.41 Å². The molecule has 0 fully saturated rings. The Morgan fingerprint density at radius 2 is 1.37 bits per heavy atom. The molecule has 1 aliphatic heterocycles. The fraction of sp³-hybridized carbons (Fsp3) is 0.412. The average Bonchev–Trinajstić information content (AvgIpc) is 2.57. The number of rotatable bonds is 0. The van der Waals surface area contributed by atoms with Gasteiger partial charge in [0.1, 0.15) is 0 Å². The SMILES string of the molecule is CC(C)(C)C1COc2cc3ccccc3cc2OC1. The minimum absolute atomic E-state index is 0.196. The lowest BCUT2D eigenvalue weighted by Gasteiger charge is -2.28. The quantitative estimate of drug-likeness (QED) is 0.700. The summed E-state index contributed by atoms with van der Waals surface area (Å²) in [5.41, 5.74) is 0.196. The van der Waals surface area contributed by atoms with Crippen LogP contribution in [0.25, 0.3) is 10.8 Å². The first kappa shape index (κ1) is 12.3. The molecule has 2 aromatic rings. The lowest BCUT2D eigenvalue weighted by atomic mass is 9.82. The number of benzene rings is 2. The smallest absolute Gasteiger partial charge is 0.161 e. The van der Waals surface area contributed by atoms with Gasteiger partial charge in [-0.2, -0.15) is 0 Å². The first-order chi connectivity index (χ1) is 9.04. The molecular formula is C17H20O2. The normalized spacial score (nSPS) is 16.4. The molecule has 2 aromatic carbocycles. The summed E-state index contributed by atoms with van der Waals surface area (Å²) in [7, 11) is 0. The first-order valence-corrected chi connectivity index (χ1v) is 6.82. The number of fused-ring (bicyclic) bond motifs is 2. The van der Waals surface area contributed by atoms with Gasteiger partial charge < -0.3 is 9.47 Å². The minimum atomic E-state index is 0.196. The zero-order valence-electron chi connectivity index (χ0n) is 11.8. The van der Waals surface area contributed by atoms with Crippen LogP contribution in [0.4, 0.5) is 0 Å². The van der Waals surface area contributed by atoms with Gasteiger partial charge in [-0.05, 0) is 28.3 Å². The highest BCUT2D eigenvalue weighted by Crippen LogP contribution is 2.37. The summed E-state index contributed by atoms with van der Waals surface area (Å²) in [6.07, 6.45) is 0. The van der Waals surface area contributed by atoms with E-state index < -0.39 is 0 Å². The molecule has 19 heavy (non-hydrogen) atoms. The number of hydrogen-bond donors (Lipinski definition) is 0. The Hall–Kier alpha value is -1.70. The zero-order chi connectivity index (χ0) is 13.5. The van der Waals surface area contributed by atoms with Gasteiger partial charge in [-0.25, -0.2) is 0 Å². The van der Waals surface area contributed by atoms with E-state index in [0.29, 0.717) is 5.92 Å². The molecule has 0 amide bonds. The Morgan fingerprint density at radius 3 is 1.79 bits per heavy atom. The molecule has 0 aromatic heterocycles. The Balaban J connectivity index is 1.96. The van der Waals surface area contributed by atoms with Gasteiger partial charge in [-0.1, -0.05) is 45.0 Å². The maximum absolute atomic E-state index is 5.97. The second kappa shape index (κ2) is 4.44. The summed E-state index contributed by atoms with van der Waals surface area (Å²) in [4.78, 5) is 0. The summed E-state index contributed by atoms with van der Waals surface area (Å²) in [5, 5.41) is 2.39. The van der Waals surface area contributed by atoms with Crippen LogP contribution in [0.1, 0.15) is 20.8 Å². The first-order valence-electron chi connectivity index (χ1n) is 6.82. The van der Waals surface area contributed by atoms with Crippen LogP contribution in [0.5, 0.6) is 11.5 Å². The molecule has 0 unspecified atom stereocenters. The van der Waals surface area contributed by atoms with Crippen LogP contribution in [0.3, 0.4) is 0 Å². The summed E-state index contributed by atoms with van der Waals surface area (Å²) in [6.45, 7) is 8.13. The maximum Gasteiger partial charge on any atom is 0.161 e. The summed E-state index contributed by atoms with van der Waals surface area (Å²) in [5.74, 6) is 2.14. The molecule has 0 aliphatic carbocycles. The predicted octanol–water partition coefficient (Wildman–Crippen LogP) is 4.27.